The number of halogens is 3. The third-order valence-corrected chi connectivity index (χ3v) is 6.77. The van der Waals surface area contributed by atoms with Crippen molar-refractivity contribution in [2.75, 3.05) is 4.72 Å². The molecule has 4 rings (SSSR count). The lowest BCUT2D eigenvalue weighted by Gasteiger charge is -2.12. The molecule has 0 saturated heterocycles. The number of benzene rings is 3. The molecular weight excluding hydrogens is 481 g/mol. The zero-order valence-electron chi connectivity index (χ0n) is 18.3. The van der Waals surface area contributed by atoms with Crippen molar-refractivity contribution >= 4 is 32.4 Å². The van der Waals surface area contributed by atoms with Crippen molar-refractivity contribution in [3.8, 4) is 0 Å². The number of nitrogens with one attached hydrogen (secondary N) is 2. The molecule has 0 atom stereocenters. The third kappa shape index (κ3) is 5.43. The van der Waals surface area contributed by atoms with Gasteiger partial charge in [-0.2, -0.15) is 13.2 Å². The lowest BCUT2D eigenvalue weighted by molar-refractivity contribution is -0.136. The van der Waals surface area contributed by atoms with Crippen molar-refractivity contribution < 1.29 is 26.4 Å². The molecule has 2 N–H and O–H groups in total. The standard InChI is InChI=1S/C25H19F3N2O4S/c1-15(31)18-3-2-4-19(13-18)30-35(33,34)20-8-5-16(6-9-20)11-17-7-10-23-21(12-17)22(25(26,27)28)14-24(32)29-23/h2-10,12-14,30H,11H2,1H3,(H,29,32). The molecule has 10 heteroatoms. The molecule has 0 unspecified atom stereocenters. The van der Waals surface area contributed by atoms with Crippen LogP contribution in [-0.4, -0.2) is 19.2 Å². The average molecular weight is 500 g/mol. The van der Waals surface area contributed by atoms with Crippen molar-refractivity contribution in [3.05, 3.63) is 105 Å². The van der Waals surface area contributed by atoms with Gasteiger partial charge in [0.1, 0.15) is 0 Å². The number of alkyl halides is 3. The van der Waals surface area contributed by atoms with Crippen molar-refractivity contribution in [3.63, 3.8) is 0 Å². The Balaban J connectivity index is 1.57. The van der Waals surface area contributed by atoms with Crippen LogP contribution in [0.4, 0.5) is 18.9 Å². The first kappa shape index (κ1) is 24.2. The van der Waals surface area contributed by atoms with E-state index in [9.17, 15) is 31.2 Å². The van der Waals surface area contributed by atoms with Gasteiger partial charge in [-0.15, -0.1) is 0 Å². The van der Waals surface area contributed by atoms with Gasteiger partial charge < -0.3 is 4.98 Å². The summed E-state index contributed by atoms with van der Waals surface area (Å²) in [5.41, 5.74) is 0.0835. The Morgan fingerprint density at radius 1 is 0.943 bits per heavy atom. The summed E-state index contributed by atoms with van der Waals surface area (Å²) in [6, 6.07) is 17.0. The number of H-pyrrole nitrogens is 1. The molecule has 1 heterocycles. The lowest BCUT2D eigenvalue weighted by atomic mass is 10.0. The molecule has 0 aliphatic carbocycles. The minimum Gasteiger partial charge on any atom is -0.322 e. The highest BCUT2D eigenvalue weighted by atomic mass is 32.2. The number of Topliss-reactive ketones (excluding diaryl/α,β-unsaturated/α-hetero) is 1. The molecule has 0 bridgehead atoms. The summed E-state index contributed by atoms with van der Waals surface area (Å²) in [6.07, 6.45) is -4.43. The summed E-state index contributed by atoms with van der Waals surface area (Å²) in [5.74, 6) is -0.196. The Morgan fingerprint density at radius 3 is 2.29 bits per heavy atom. The van der Waals surface area contributed by atoms with E-state index in [-0.39, 0.29) is 33.7 Å². The first-order chi connectivity index (χ1) is 16.4. The maximum Gasteiger partial charge on any atom is 0.417 e. The quantitative estimate of drug-likeness (QED) is 0.358. The van der Waals surface area contributed by atoms with E-state index < -0.39 is 27.3 Å². The molecule has 3 aromatic carbocycles. The number of hydrogen-bond acceptors (Lipinski definition) is 4. The van der Waals surface area contributed by atoms with E-state index in [1.54, 1.807) is 30.3 Å². The molecule has 0 aliphatic rings. The van der Waals surface area contributed by atoms with Gasteiger partial charge in [0.2, 0.25) is 5.56 Å². The Bertz CT molecular complexity index is 1590. The van der Waals surface area contributed by atoms with Gasteiger partial charge in [0, 0.05) is 28.2 Å². The van der Waals surface area contributed by atoms with Gasteiger partial charge in [-0.05, 0) is 60.9 Å². The predicted octanol–water partition coefficient (Wildman–Crippen LogP) is 5.14. The van der Waals surface area contributed by atoms with Crippen LogP contribution in [0.15, 0.2) is 82.5 Å². The number of aromatic nitrogens is 1. The molecule has 0 spiro atoms. The molecule has 0 aliphatic heterocycles. The Hall–Kier alpha value is -3.92. The van der Waals surface area contributed by atoms with Crippen molar-refractivity contribution in [2.45, 2.75) is 24.4 Å². The number of carbonyl (C=O) groups excluding carboxylic acids is 1. The van der Waals surface area contributed by atoms with Crippen LogP contribution in [0.25, 0.3) is 10.9 Å². The molecule has 0 radical (unpaired) electrons. The number of aromatic amines is 1. The summed E-state index contributed by atoms with van der Waals surface area (Å²) in [7, 11) is -3.92. The second kappa shape index (κ2) is 9.03. The number of anilines is 1. The number of pyridine rings is 1. The van der Waals surface area contributed by atoms with Crippen LogP contribution >= 0.6 is 0 Å². The van der Waals surface area contributed by atoms with E-state index in [0.29, 0.717) is 22.8 Å². The number of carbonyl (C=O) groups is 1. The largest absolute Gasteiger partial charge is 0.417 e. The molecule has 6 nitrogen and oxygen atoms in total. The van der Waals surface area contributed by atoms with Crippen LogP contribution in [0.2, 0.25) is 0 Å². The fourth-order valence-corrected chi connectivity index (χ4v) is 4.73. The Morgan fingerprint density at radius 2 is 1.63 bits per heavy atom. The molecule has 0 fully saturated rings. The smallest absolute Gasteiger partial charge is 0.322 e. The molecule has 180 valence electrons. The second-order valence-electron chi connectivity index (χ2n) is 7.99. The summed E-state index contributed by atoms with van der Waals surface area (Å²) in [6.45, 7) is 1.38. The summed E-state index contributed by atoms with van der Waals surface area (Å²) in [5, 5.41) is -0.120. The van der Waals surface area contributed by atoms with Crippen LogP contribution in [0.3, 0.4) is 0 Å². The number of rotatable bonds is 6. The fraction of sp³-hybridized carbons (Fsp3) is 0.120. The Kier molecular flexibility index (Phi) is 6.25. The van der Waals surface area contributed by atoms with E-state index in [2.05, 4.69) is 9.71 Å². The Labute approximate surface area is 198 Å². The van der Waals surface area contributed by atoms with Gasteiger partial charge in [-0.3, -0.25) is 14.3 Å². The average Bonchev–Trinajstić information content (AvgIpc) is 2.78. The van der Waals surface area contributed by atoms with E-state index in [0.717, 1.165) is 0 Å². The van der Waals surface area contributed by atoms with Gasteiger partial charge >= 0.3 is 6.18 Å². The highest BCUT2D eigenvalue weighted by Crippen LogP contribution is 2.33. The van der Waals surface area contributed by atoms with Gasteiger partial charge in [0.25, 0.3) is 10.0 Å². The molecule has 35 heavy (non-hydrogen) atoms. The van der Waals surface area contributed by atoms with Crippen LogP contribution in [0.1, 0.15) is 34.0 Å². The number of hydrogen-bond donors (Lipinski definition) is 2. The van der Waals surface area contributed by atoms with Crippen molar-refractivity contribution in [1.82, 2.24) is 4.98 Å². The first-order valence-electron chi connectivity index (χ1n) is 10.4. The minimum absolute atomic E-state index is 0.00933. The second-order valence-corrected chi connectivity index (χ2v) is 9.67. The summed E-state index contributed by atoms with van der Waals surface area (Å²) >= 11 is 0. The number of ketones is 1. The van der Waals surface area contributed by atoms with Crippen LogP contribution in [0, 0.1) is 0 Å². The van der Waals surface area contributed by atoms with Crippen LogP contribution < -0.4 is 10.3 Å². The van der Waals surface area contributed by atoms with Gasteiger partial charge in [-0.25, -0.2) is 8.42 Å². The zero-order valence-corrected chi connectivity index (χ0v) is 19.1. The molecule has 0 saturated carbocycles. The zero-order chi connectivity index (χ0) is 25.4. The highest BCUT2D eigenvalue weighted by Gasteiger charge is 2.33. The first-order valence-corrected chi connectivity index (χ1v) is 11.9. The van der Waals surface area contributed by atoms with Gasteiger partial charge in [0.05, 0.1) is 10.5 Å². The SMILES string of the molecule is CC(=O)c1cccc(NS(=O)(=O)c2ccc(Cc3ccc4[nH]c(=O)cc(C(F)(F)F)c4c3)cc2)c1. The molecule has 0 amide bonds. The van der Waals surface area contributed by atoms with E-state index >= 15 is 0 Å². The van der Waals surface area contributed by atoms with Crippen LogP contribution in [0.5, 0.6) is 0 Å². The van der Waals surface area contributed by atoms with Crippen LogP contribution in [-0.2, 0) is 22.6 Å². The van der Waals surface area contributed by atoms with Gasteiger partial charge in [0.15, 0.2) is 5.78 Å². The summed E-state index contributed by atoms with van der Waals surface area (Å²) < 4.78 is 68.1. The fourth-order valence-electron chi connectivity index (χ4n) is 3.68. The monoisotopic (exact) mass is 500 g/mol. The molecular formula is C25H19F3N2O4S. The topological polar surface area (TPSA) is 96.1 Å². The van der Waals surface area contributed by atoms with E-state index in [4.69, 9.17) is 0 Å². The van der Waals surface area contributed by atoms with Crippen molar-refractivity contribution in [1.29, 1.82) is 0 Å². The lowest BCUT2D eigenvalue weighted by Crippen LogP contribution is -2.14. The third-order valence-electron chi connectivity index (χ3n) is 5.38. The normalized spacial score (nSPS) is 12.0. The minimum atomic E-state index is -4.68. The van der Waals surface area contributed by atoms with Gasteiger partial charge in [-0.1, -0.05) is 30.3 Å². The van der Waals surface area contributed by atoms with E-state index in [1.807, 2.05) is 0 Å². The maximum absolute atomic E-state index is 13.4. The van der Waals surface area contributed by atoms with Crippen molar-refractivity contribution in [2.24, 2.45) is 0 Å². The number of sulfonamides is 1. The summed E-state index contributed by atoms with van der Waals surface area (Å²) in [4.78, 5) is 25.5. The van der Waals surface area contributed by atoms with E-state index in [1.165, 1.54) is 43.3 Å². The number of fused-ring (bicyclic) bond motifs is 1. The molecule has 4 aromatic rings. The molecule has 1 aromatic heterocycles. The maximum atomic E-state index is 13.4. The highest BCUT2D eigenvalue weighted by molar-refractivity contribution is 7.92. The predicted molar refractivity (Wildman–Crippen MR) is 126 cm³/mol.